The molecule has 6 heteroatoms. The zero-order valence-corrected chi connectivity index (χ0v) is 12.9. The third-order valence-corrected chi connectivity index (χ3v) is 3.45. The van der Waals surface area contributed by atoms with Crippen LogP contribution in [-0.2, 0) is 11.3 Å². The fourth-order valence-electron chi connectivity index (χ4n) is 1.91. The van der Waals surface area contributed by atoms with Crippen LogP contribution in [0.3, 0.4) is 0 Å². The maximum absolute atomic E-state index is 5.43. The molecule has 0 bridgehead atoms. The lowest BCUT2D eigenvalue weighted by Crippen LogP contribution is -2.38. The molecular weight excluding hydrogens is 268 g/mol. The average molecular weight is 292 g/mol. The van der Waals surface area contributed by atoms with Crippen LogP contribution in [0.5, 0.6) is 5.88 Å². The predicted molar refractivity (Wildman–Crippen MR) is 82.5 cm³/mol. The number of aliphatic imine (C=N–C) groups is 1. The van der Waals surface area contributed by atoms with E-state index in [4.69, 9.17) is 9.47 Å². The standard InChI is InChI=1S/C15H24N4O2/c1-11-8-13(11)19-15(16-2)18-10-12-4-5-14(17-9-12)21-7-6-20-3/h4-5,9,11,13H,6-8,10H2,1-3H3,(H2,16,18,19). The summed E-state index contributed by atoms with van der Waals surface area (Å²) in [6, 6.07) is 4.42. The van der Waals surface area contributed by atoms with Crippen molar-refractivity contribution in [3.05, 3.63) is 23.9 Å². The molecule has 1 aromatic heterocycles. The van der Waals surface area contributed by atoms with Crippen molar-refractivity contribution in [3.8, 4) is 5.88 Å². The summed E-state index contributed by atoms with van der Waals surface area (Å²) >= 11 is 0. The third kappa shape index (κ3) is 5.23. The van der Waals surface area contributed by atoms with Crippen LogP contribution in [0.15, 0.2) is 23.3 Å². The molecule has 2 N–H and O–H groups in total. The zero-order chi connectivity index (χ0) is 15.1. The molecule has 1 aliphatic carbocycles. The van der Waals surface area contributed by atoms with Gasteiger partial charge in [0.25, 0.3) is 0 Å². The topological polar surface area (TPSA) is 67.8 Å². The molecule has 2 rings (SSSR count). The number of ether oxygens (including phenoxy) is 2. The van der Waals surface area contributed by atoms with Gasteiger partial charge < -0.3 is 20.1 Å². The summed E-state index contributed by atoms with van der Waals surface area (Å²) in [5, 5.41) is 6.67. The van der Waals surface area contributed by atoms with E-state index in [1.54, 1.807) is 14.2 Å². The summed E-state index contributed by atoms with van der Waals surface area (Å²) < 4.78 is 10.4. The van der Waals surface area contributed by atoms with Crippen LogP contribution in [0.2, 0.25) is 0 Å². The number of rotatable bonds is 7. The van der Waals surface area contributed by atoms with E-state index in [0.29, 0.717) is 31.7 Å². The second-order valence-electron chi connectivity index (χ2n) is 5.24. The number of methoxy groups -OCH3 is 1. The second kappa shape index (κ2) is 7.83. The Morgan fingerprint density at radius 3 is 2.81 bits per heavy atom. The van der Waals surface area contributed by atoms with Crippen molar-refractivity contribution >= 4 is 5.96 Å². The molecule has 2 unspecified atom stereocenters. The van der Waals surface area contributed by atoms with Gasteiger partial charge in [-0.05, 0) is 17.9 Å². The lowest BCUT2D eigenvalue weighted by Gasteiger charge is -2.11. The largest absolute Gasteiger partial charge is 0.475 e. The highest BCUT2D eigenvalue weighted by Gasteiger charge is 2.33. The first-order chi connectivity index (χ1) is 10.2. The minimum atomic E-state index is 0.511. The number of pyridine rings is 1. The highest BCUT2D eigenvalue weighted by atomic mass is 16.5. The summed E-state index contributed by atoms with van der Waals surface area (Å²) in [5.41, 5.74) is 1.08. The van der Waals surface area contributed by atoms with Crippen molar-refractivity contribution < 1.29 is 9.47 Å². The van der Waals surface area contributed by atoms with Gasteiger partial charge >= 0.3 is 0 Å². The lowest BCUT2D eigenvalue weighted by molar-refractivity contribution is 0.143. The molecule has 0 spiro atoms. The molecule has 116 valence electrons. The molecule has 0 saturated heterocycles. The fourth-order valence-corrected chi connectivity index (χ4v) is 1.91. The second-order valence-corrected chi connectivity index (χ2v) is 5.24. The van der Waals surface area contributed by atoms with E-state index in [9.17, 15) is 0 Å². The van der Waals surface area contributed by atoms with Gasteiger partial charge in [0.05, 0.1) is 6.61 Å². The van der Waals surface area contributed by atoms with Gasteiger partial charge in [0.1, 0.15) is 6.61 Å². The molecule has 1 heterocycles. The van der Waals surface area contributed by atoms with Gasteiger partial charge in [-0.1, -0.05) is 13.0 Å². The highest BCUT2D eigenvalue weighted by molar-refractivity contribution is 5.80. The molecular formula is C15H24N4O2. The monoisotopic (exact) mass is 292 g/mol. The van der Waals surface area contributed by atoms with Crippen LogP contribution in [0, 0.1) is 5.92 Å². The molecule has 1 saturated carbocycles. The summed E-state index contributed by atoms with van der Waals surface area (Å²) in [6.07, 6.45) is 3.03. The Morgan fingerprint density at radius 1 is 1.43 bits per heavy atom. The number of nitrogens with one attached hydrogen (secondary N) is 2. The first-order valence-corrected chi connectivity index (χ1v) is 7.26. The molecule has 0 amide bonds. The molecule has 2 atom stereocenters. The van der Waals surface area contributed by atoms with E-state index in [0.717, 1.165) is 17.4 Å². The summed E-state index contributed by atoms with van der Waals surface area (Å²) in [6.45, 7) is 3.99. The predicted octanol–water partition coefficient (Wildman–Crippen LogP) is 1.18. The molecule has 1 aliphatic rings. The summed E-state index contributed by atoms with van der Waals surface area (Å²) in [4.78, 5) is 8.48. The number of nitrogens with zero attached hydrogens (tertiary/aromatic N) is 2. The van der Waals surface area contributed by atoms with Crippen LogP contribution >= 0.6 is 0 Å². The summed E-state index contributed by atoms with van der Waals surface area (Å²) in [7, 11) is 3.43. The average Bonchev–Trinajstić information content (AvgIpc) is 3.20. The normalized spacial score (nSPS) is 21.0. The van der Waals surface area contributed by atoms with Crippen molar-refractivity contribution in [1.82, 2.24) is 15.6 Å². The van der Waals surface area contributed by atoms with Gasteiger partial charge in [0.2, 0.25) is 5.88 Å². The van der Waals surface area contributed by atoms with Crippen molar-refractivity contribution in [1.29, 1.82) is 0 Å². The number of aromatic nitrogens is 1. The Morgan fingerprint density at radius 2 is 2.24 bits per heavy atom. The van der Waals surface area contributed by atoms with E-state index in [-0.39, 0.29) is 0 Å². The minimum absolute atomic E-state index is 0.511. The van der Waals surface area contributed by atoms with E-state index in [1.807, 2.05) is 18.3 Å². The summed E-state index contributed by atoms with van der Waals surface area (Å²) in [5.74, 6) is 2.20. The Hall–Kier alpha value is -1.82. The van der Waals surface area contributed by atoms with Crippen molar-refractivity contribution in [2.75, 3.05) is 27.4 Å². The van der Waals surface area contributed by atoms with Gasteiger partial charge in [-0.3, -0.25) is 4.99 Å². The van der Waals surface area contributed by atoms with Crippen LogP contribution in [-0.4, -0.2) is 44.4 Å². The van der Waals surface area contributed by atoms with E-state index < -0.39 is 0 Å². The van der Waals surface area contributed by atoms with Crippen LogP contribution < -0.4 is 15.4 Å². The maximum Gasteiger partial charge on any atom is 0.213 e. The quantitative estimate of drug-likeness (QED) is 0.449. The van der Waals surface area contributed by atoms with Gasteiger partial charge in [-0.2, -0.15) is 0 Å². The van der Waals surface area contributed by atoms with E-state index >= 15 is 0 Å². The zero-order valence-electron chi connectivity index (χ0n) is 12.9. The molecule has 0 radical (unpaired) electrons. The minimum Gasteiger partial charge on any atom is -0.475 e. The number of guanidine groups is 1. The number of hydrogen-bond acceptors (Lipinski definition) is 4. The Bertz CT molecular complexity index is 461. The first-order valence-electron chi connectivity index (χ1n) is 7.26. The van der Waals surface area contributed by atoms with Gasteiger partial charge in [-0.15, -0.1) is 0 Å². The maximum atomic E-state index is 5.43. The van der Waals surface area contributed by atoms with Crippen molar-refractivity contribution in [3.63, 3.8) is 0 Å². The van der Waals surface area contributed by atoms with Crippen LogP contribution in [0.1, 0.15) is 18.9 Å². The Balaban J connectivity index is 1.74. The molecule has 1 aromatic rings. The van der Waals surface area contributed by atoms with E-state index in [2.05, 4.69) is 27.5 Å². The molecule has 0 aliphatic heterocycles. The molecule has 6 nitrogen and oxygen atoms in total. The number of hydrogen-bond donors (Lipinski definition) is 2. The van der Waals surface area contributed by atoms with Crippen molar-refractivity contribution in [2.24, 2.45) is 10.9 Å². The molecule has 21 heavy (non-hydrogen) atoms. The van der Waals surface area contributed by atoms with Crippen LogP contribution in [0.25, 0.3) is 0 Å². The van der Waals surface area contributed by atoms with E-state index in [1.165, 1.54) is 6.42 Å². The van der Waals surface area contributed by atoms with Crippen molar-refractivity contribution in [2.45, 2.75) is 25.9 Å². The van der Waals surface area contributed by atoms with Gasteiger partial charge in [-0.25, -0.2) is 4.98 Å². The fraction of sp³-hybridized carbons (Fsp3) is 0.600. The highest BCUT2D eigenvalue weighted by Crippen LogP contribution is 2.28. The van der Waals surface area contributed by atoms with Gasteiger partial charge in [0.15, 0.2) is 5.96 Å². The van der Waals surface area contributed by atoms with Gasteiger partial charge in [0, 0.05) is 39.0 Å². The first kappa shape index (κ1) is 15.6. The van der Waals surface area contributed by atoms with Crippen LogP contribution in [0.4, 0.5) is 0 Å². The third-order valence-electron chi connectivity index (χ3n) is 3.45. The Kier molecular flexibility index (Phi) is 5.80. The smallest absolute Gasteiger partial charge is 0.213 e. The Labute approximate surface area is 126 Å². The lowest BCUT2D eigenvalue weighted by atomic mass is 10.3. The molecule has 0 aromatic carbocycles. The SMILES string of the molecule is CN=C(NCc1ccc(OCCOC)nc1)NC1CC1C. The molecule has 1 fully saturated rings.